The quantitative estimate of drug-likeness (QED) is 0.671. The first-order chi connectivity index (χ1) is 12.0. The number of anilines is 1. The van der Waals surface area contributed by atoms with Crippen molar-refractivity contribution in [3.8, 4) is 5.69 Å². The van der Waals surface area contributed by atoms with Crippen molar-refractivity contribution in [2.24, 2.45) is 0 Å². The number of hydrogen-bond acceptors (Lipinski definition) is 4. The lowest BCUT2D eigenvalue weighted by Crippen LogP contribution is -3.08. The van der Waals surface area contributed by atoms with Crippen molar-refractivity contribution in [3.05, 3.63) is 57.2 Å². The topological polar surface area (TPSA) is 64.2 Å². The molecule has 1 aromatic carbocycles. The Labute approximate surface area is 159 Å². The second kappa shape index (κ2) is 7.97. The van der Waals surface area contributed by atoms with Gasteiger partial charge < -0.3 is 10.2 Å². The lowest BCUT2D eigenvalue weighted by atomic mass is 10.2. The van der Waals surface area contributed by atoms with Gasteiger partial charge in [-0.05, 0) is 30.3 Å². The standard InChI is InChI=1S/C16H15Cl2N5OS/c1-22(7-12-3-5-15(18)25-12)8-16(24)21-13-6-11(17)2-4-14(13)23-10-19-9-20-23/h2-6,9-10H,7-8H2,1H3,(H,21,24)/p+1. The number of hydrogen-bond donors (Lipinski definition) is 2. The van der Waals surface area contributed by atoms with Crippen molar-refractivity contribution in [1.29, 1.82) is 0 Å². The largest absolute Gasteiger partial charge is 0.325 e. The molecule has 0 aliphatic rings. The number of aromatic nitrogens is 3. The van der Waals surface area contributed by atoms with Gasteiger partial charge in [-0.2, -0.15) is 5.10 Å². The van der Waals surface area contributed by atoms with Crippen molar-refractivity contribution < 1.29 is 9.69 Å². The summed E-state index contributed by atoms with van der Waals surface area (Å²) in [6.45, 7) is 1.05. The van der Waals surface area contributed by atoms with Crippen molar-refractivity contribution >= 4 is 46.1 Å². The highest BCUT2D eigenvalue weighted by atomic mass is 35.5. The Morgan fingerprint density at radius 3 is 2.84 bits per heavy atom. The Hall–Kier alpha value is -1.93. The molecule has 0 saturated carbocycles. The van der Waals surface area contributed by atoms with Gasteiger partial charge in [0.25, 0.3) is 5.91 Å². The number of benzene rings is 1. The summed E-state index contributed by atoms with van der Waals surface area (Å²) in [4.78, 5) is 18.5. The van der Waals surface area contributed by atoms with Crippen LogP contribution in [0.2, 0.25) is 9.36 Å². The van der Waals surface area contributed by atoms with E-state index in [2.05, 4.69) is 15.4 Å². The SMILES string of the molecule is C[NH+](CC(=O)Nc1cc(Cl)ccc1-n1cncn1)Cc1ccc(Cl)s1. The fourth-order valence-corrected chi connectivity index (χ4v) is 3.79. The fourth-order valence-electron chi connectivity index (χ4n) is 2.42. The van der Waals surface area contributed by atoms with Crippen LogP contribution in [0.3, 0.4) is 0 Å². The first-order valence-electron chi connectivity index (χ1n) is 7.51. The van der Waals surface area contributed by atoms with Crippen LogP contribution in [0.25, 0.3) is 5.69 Å². The van der Waals surface area contributed by atoms with Gasteiger partial charge in [0.05, 0.1) is 27.6 Å². The van der Waals surface area contributed by atoms with E-state index >= 15 is 0 Å². The molecule has 25 heavy (non-hydrogen) atoms. The molecule has 2 N–H and O–H groups in total. The molecule has 130 valence electrons. The number of nitrogens with zero attached hydrogens (tertiary/aromatic N) is 3. The van der Waals surface area contributed by atoms with Crippen molar-refractivity contribution in [2.45, 2.75) is 6.54 Å². The highest BCUT2D eigenvalue weighted by Gasteiger charge is 2.15. The van der Waals surface area contributed by atoms with Gasteiger partial charge in [-0.1, -0.05) is 23.2 Å². The Kier molecular flexibility index (Phi) is 5.70. The molecule has 1 unspecified atom stereocenters. The Balaban J connectivity index is 1.67. The molecule has 0 spiro atoms. The minimum atomic E-state index is -0.108. The molecule has 9 heteroatoms. The van der Waals surface area contributed by atoms with Gasteiger partial charge in [0, 0.05) is 5.02 Å². The Bertz CT molecular complexity index is 865. The maximum Gasteiger partial charge on any atom is 0.279 e. The van der Waals surface area contributed by atoms with E-state index in [1.54, 1.807) is 29.2 Å². The average Bonchev–Trinajstić information content (AvgIpc) is 3.19. The molecule has 0 radical (unpaired) electrons. The van der Waals surface area contributed by atoms with Gasteiger partial charge in [0.2, 0.25) is 0 Å². The van der Waals surface area contributed by atoms with E-state index in [0.29, 0.717) is 22.9 Å². The first kappa shape index (κ1) is 17.9. The predicted molar refractivity (Wildman–Crippen MR) is 99.8 cm³/mol. The number of quaternary nitrogens is 1. The molecular weight excluding hydrogens is 381 g/mol. The van der Waals surface area contributed by atoms with E-state index in [1.165, 1.54) is 17.7 Å². The number of rotatable bonds is 6. The Morgan fingerprint density at radius 2 is 2.16 bits per heavy atom. The third-order valence-electron chi connectivity index (χ3n) is 3.47. The zero-order valence-electron chi connectivity index (χ0n) is 13.4. The van der Waals surface area contributed by atoms with E-state index in [-0.39, 0.29) is 5.91 Å². The van der Waals surface area contributed by atoms with Gasteiger partial charge in [0.1, 0.15) is 19.2 Å². The van der Waals surface area contributed by atoms with E-state index in [4.69, 9.17) is 23.2 Å². The number of likely N-dealkylation sites (N-methyl/N-ethyl adjacent to an activating group) is 1. The highest BCUT2D eigenvalue weighted by Crippen LogP contribution is 2.24. The summed E-state index contributed by atoms with van der Waals surface area (Å²) in [5, 5.41) is 7.54. The number of carbonyl (C=O) groups excluding carboxylic acids is 1. The molecule has 0 saturated heterocycles. The average molecular weight is 397 g/mol. The van der Waals surface area contributed by atoms with E-state index in [9.17, 15) is 4.79 Å². The van der Waals surface area contributed by atoms with Crippen LogP contribution in [-0.4, -0.2) is 34.3 Å². The predicted octanol–water partition coefficient (Wildman–Crippen LogP) is 2.29. The zero-order chi connectivity index (χ0) is 17.8. The lowest BCUT2D eigenvalue weighted by molar-refractivity contribution is -0.884. The van der Waals surface area contributed by atoms with Crippen LogP contribution in [0.5, 0.6) is 0 Å². The third kappa shape index (κ3) is 4.79. The minimum Gasteiger partial charge on any atom is -0.325 e. The molecule has 0 aliphatic carbocycles. The molecule has 0 bridgehead atoms. The van der Waals surface area contributed by atoms with Crippen LogP contribution < -0.4 is 10.2 Å². The highest BCUT2D eigenvalue weighted by molar-refractivity contribution is 7.16. The van der Waals surface area contributed by atoms with Crippen LogP contribution in [0.1, 0.15) is 4.88 Å². The second-order valence-corrected chi connectivity index (χ2v) is 7.80. The monoisotopic (exact) mass is 396 g/mol. The summed E-state index contributed by atoms with van der Waals surface area (Å²) in [6, 6.07) is 9.08. The number of amides is 1. The number of carbonyl (C=O) groups is 1. The molecular formula is C16H16Cl2N5OS+. The van der Waals surface area contributed by atoms with E-state index in [1.807, 2.05) is 19.2 Å². The van der Waals surface area contributed by atoms with Gasteiger partial charge in [0.15, 0.2) is 6.54 Å². The van der Waals surface area contributed by atoms with Crippen LogP contribution in [-0.2, 0) is 11.3 Å². The number of thiophene rings is 1. The van der Waals surface area contributed by atoms with Crippen LogP contribution in [0, 0.1) is 0 Å². The van der Waals surface area contributed by atoms with Crippen molar-refractivity contribution in [3.63, 3.8) is 0 Å². The summed E-state index contributed by atoms with van der Waals surface area (Å²) < 4.78 is 2.33. The van der Waals surface area contributed by atoms with E-state index in [0.717, 1.165) is 20.7 Å². The molecule has 6 nitrogen and oxygen atoms in total. The minimum absolute atomic E-state index is 0.108. The molecule has 0 aliphatic heterocycles. The van der Waals surface area contributed by atoms with Gasteiger partial charge in [-0.15, -0.1) is 11.3 Å². The summed E-state index contributed by atoms with van der Waals surface area (Å²) in [5.41, 5.74) is 1.30. The maximum atomic E-state index is 12.4. The molecule has 2 heterocycles. The fraction of sp³-hybridized carbons (Fsp3) is 0.188. The van der Waals surface area contributed by atoms with E-state index < -0.39 is 0 Å². The molecule has 1 amide bonds. The van der Waals surface area contributed by atoms with Gasteiger partial charge >= 0.3 is 0 Å². The summed E-state index contributed by atoms with van der Waals surface area (Å²) in [5.74, 6) is -0.108. The van der Waals surface area contributed by atoms with Gasteiger partial charge in [-0.25, -0.2) is 9.67 Å². The normalized spacial score (nSPS) is 12.1. The van der Waals surface area contributed by atoms with Gasteiger partial charge in [-0.3, -0.25) is 4.79 Å². The molecule has 2 aromatic heterocycles. The lowest BCUT2D eigenvalue weighted by Gasteiger charge is -2.15. The first-order valence-corrected chi connectivity index (χ1v) is 9.08. The summed E-state index contributed by atoms with van der Waals surface area (Å²) >= 11 is 13.5. The van der Waals surface area contributed by atoms with Crippen LogP contribution >= 0.6 is 34.5 Å². The molecule has 3 aromatic rings. The van der Waals surface area contributed by atoms with Crippen LogP contribution in [0.15, 0.2) is 43.0 Å². The van der Waals surface area contributed by atoms with Crippen molar-refractivity contribution in [2.75, 3.05) is 18.9 Å². The maximum absolute atomic E-state index is 12.4. The summed E-state index contributed by atoms with van der Waals surface area (Å²) in [6.07, 6.45) is 3.00. The summed E-state index contributed by atoms with van der Waals surface area (Å²) in [7, 11) is 1.96. The van der Waals surface area contributed by atoms with Crippen LogP contribution in [0.4, 0.5) is 5.69 Å². The zero-order valence-corrected chi connectivity index (χ0v) is 15.7. The number of nitrogens with one attached hydrogen (secondary N) is 2. The molecule has 1 atom stereocenters. The second-order valence-electron chi connectivity index (χ2n) is 5.57. The van der Waals surface area contributed by atoms with Crippen molar-refractivity contribution in [1.82, 2.24) is 14.8 Å². The third-order valence-corrected chi connectivity index (χ3v) is 4.93. The smallest absolute Gasteiger partial charge is 0.279 e. The molecule has 0 fully saturated rings. The molecule has 3 rings (SSSR count). The Morgan fingerprint density at radius 1 is 1.32 bits per heavy atom. The number of halogens is 2.